The Labute approximate surface area is 122 Å². The lowest BCUT2D eigenvalue weighted by molar-refractivity contribution is 0.622. The first-order chi connectivity index (χ1) is 9.27. The maximum absolute atomic E-state index is 13.2. The molecule has 1 nitrogen and oxygen atoms in total. The topological polar surface area (TPSA) is 12.0 Å². The van der Waals surface area contributed by atoms with Crippen molar-refractivity contribution in [2.75, 3.05) is 12.3 Å². The molecular formula is C15H15ClFNS. The van der Waals surface area contributed by atoms with Crippen LogP contribution in [0, 0.1) is 5.82 Å². The largest absolute Gasteiger partial charge is 0.312 e. The monoisotopic (exact) mass is 295 g/mol. The van der Waals surface area contributed by atoms with Crippen molar-refractivity contribution in [3.8, 4) is 0 Å². The van der Waals surface area contributed by atoms with Gasteiger partial charge in [-0.05, 0) is 23.8 Å². The van der Waals surface area contributed by atoms with E-state index in [1.54, 1.807) is 17.8 Å². The highest BCUT2D eigenvalue weighted by Gasteiger charge is 2.04. The van der Waals surface area contributed by atoms with E-state index in [0.29, 0.717) is 6.54 Å². The van der Waals surface area contributed by atoms with Crippen molar-refractivity contribution in [3.05, 3.63) is 64.9 Å². The van der Waals surface area contributed by atoms with Gasteiger partial charge >= 0.3 is 0 Å². The Bertz CT molecular complexity index is 519. The van der Waals surface area contributed by atoms with E-state index in [-0.39, 0.29) is 10.8 Å². The molecule has 2 aromatic rings. The first-order valence-electron chi connectivity index (χ1n) is 6.09. The molecule has 0 bridgehead atoms. The summed E-state index contributed by atoms with van der Waals surface area (Å²) in [6, 6.07) is 15.1. The summed E-state index contributed by atoms with van der Waals surface area (Å²) < 4.78 is 13.2. The van der Waals surface area contributed by atoms with Gasteiger partial charge in [-0.15, -0.1) is 11.8 Å². The molecule has 0 heterocycles. The van der Waals surface area contributed by atoms with E-state index < -0.39 is 0 Å². The molecule has 0 radical (unpaired) electrons. The van der Waals surface area contributed by atoms with Crippen molar-refractivity contribution in [3.63, 3.8) is 0 Å². The predicted molar refractivity (Wildman–Crippen MR) is 80.3 cm³/mol. The lowest BCUT2D eigenvalue weighted by atomic mass is 10.2. The van der Waals surface area contributed by atoms with Crippen LogP contribution in [-0.2, 0) is 6.54 Å². The first-order valence-corrected chi connectivity index (χ1v) is 7.45. The van der Waals surface area contributed by atoms with Crippen molar-refractivity contribution in [1.82, 2.24) is 5.32 Å². The van der Waals surface area contributed by atoms with Crippen LogP contribution in [0.5, 0.6) is 0 Å². The van der Waals surface area contributed by atoms with Gasteiger partial charge in [0.1, 0.15) is 5.82 Å². The van der Waals surface area contributed by atoms with E-state index in [1.807, 2.05) is 24.3 Å². The number of rotatable bonds is 6. The van der Waals surface area contributed by atoms with Crippen molar-refractivity contribution in [1.29, 1.82) is 0 Å². The van der Waals surface area contributed by atoms with Gasteiger partial charge in [-0.2, -0.15) is 0 Å². The van der Waals surface area contributed by atoms with E-state index in [1.165, 1.54) is 11.0 Å². The quantitative estimate of drug-likeness (QED) is 0.628. The van der Waals surface area contributed by atoms with Gasteiger partial charge < -0.3 is 5.32 Å². The van der Waals surface area contributed by atoms with Crippen LogP contribution in [-0.4, -0.2) is 12.3 Å². The molecule has 0 unspecified atom stereocenters. The van der Waals surface area contributed by atoms with Crippen molar-refractivity contribution in [2.45, 2.75) is 11.4 Å². The maximum Gasteiger partial charge on any atom is 0.142 e. The molecule has 0 aliphatic heterocycles. The fourth-order valence-corrected chi connectivity index (χ4v) is 2.69. The molecule has 1 N–H and O–H groups in total. The summed E-state index contributed by atoms with van der Waals surface area (Å²) in [4.78, 5) is 1.26. The SMILES string of the molecule is Fc1cccc(CNCCSc2ccccc2)c1Cl. The third-order valence-corrected chi connectivity index (χ3v) is 4.07. The summed E-state index contributed by atoms with van der Waals surface area (Å²) in [5.41, 5.74) is 0.798. The van der Waals surface area contributed by atoms with Crippen molar-refractivity contribution >= 4 is 23.4 Å². The maximum atomic E-state index is 13.2. The van der Waals surface area contributed by atoms with Crippen LogP contribution in [0.3, 0.4) is 0 Å². The Morgan fingerprint density at radius 3 is 2.63 bits per heavy atom. The minimum absolute atomic E-state index is 0.214. The Morgan fingerprint density at radius 2 is 1.84 bits per heavy atom. The Balaban J connectivity index is 1.71. The summed E-state index contributed by atoms with van der Waals surface area (Å²) in [7, 11) is 0. The molecule has 0 fully saturated rings. The van der Waals surface area contributed by atoms with Gasteiger partial charge in [-0.25, -0.2) is 4.39 Å². The second-order valence-electron chi connectivity index (χ2n) is 4.05. The molecule has 0 atom stereocenters. The highest BCUT2D eigenvalue weighted by atomic mass is 35.5. The molecule has 2 aromatic carbocycles. The average molecular weight is 296 g/mol. The number of hydrogen-bond donors (Lipinski definition) is 1. The smallest absolute Gasteiger partial charge is 0.142 e. The number of thioether (sulfide) groups is 1. The third-order valence-electron chi connectivity index (χ3n) is 2.64. The van der Waals surface area contributed by atoms with Crippen LogP contribution in [0.2, 0.25) is 5.02 Å². The standard InChI is InChI=1S/C15H15ClFNS/c16-15-12(5-4-8-14(15)17)11-18-9-10-19-13-6-2-1-3-7-13/h1-8,18H,9-11H2. The van der Waals surface area contributed by atoms with E-state index in [0.717, 1.165) is 17.9 Å². The summed E-state index contributed by atoms with van der Waals surface area (Å²) >= 11 is 7.68. The Hall–Kier alpha value is -1.03. The molecule has 0 saturated heterocycles. The van der Waals surface area contributed by atoms with E-state index in [2.05, 4.69) is 17.4 Å². The van der Waals surface area contributed by atoms with Gasteiger partial charge in [0.05, 0.1) is 5.02 Å². The summed E-state index contributed by atoms with van der Waals surface area (Å²) in [6.07, 6.45) is 0. The summed E-state index contributed by atoms with van der Waals surface area (Å²) in [6.45, 7) is 1.44. The second kappa shape index (κ2) is 7.53. The van der Waals surface area contributed by atoms with Crippen molar-refractivity contribution in [2.24, 2.45) is 0 Å². The van der Waals surface area contributed by atoms with Crippen LogP contribution in [0.15, 0.2) is 53.4 Å². The Kier molecular flexibility index (Phi) is 5.70. The highest BCUT2D eigenvalue weighted by Crippen LogP contribution is 2.19. The normalized spacial score (nSPS) is 10.6. The molecule has 0 aromatic heterocycles. The molecule has 0 saturated carbocycles. The fraction of sp³-hybridized carbons (Fsp3) is 0.200. The molecule has 19 heavy (non-hydrogen) atoms. The minimum Gasteiger partial charge on any atom is -0.312 e. The van der Waals surface area contributed by atoms with Crippen LogP contribution < -0.4 is 5.32 Å². The molecule has 4 heteroatoms. The first kappa shape index (κ1) is 14.4. The zero-order chi connectivity index (χ0) is 13.5. The van der Waals surface area contributed by atoms with Crippen LogP contribution in [0.4, 0.5) is 4.39 Å². The number of halogens is 2. The van der Waals surface area contributed by atoms with E-state index in [9.17, 15) is 4.39 Å². The number of hydrogen-bond acceptors (Lipinski definition) is 2. The lowest BCUT2D eigenvalue weighted by Crippen LogP contribution is -2.16. The van der Waals surface area contributed by atoms with E-state index in [4.69, 9.17) is 11.6 Å². The summed E-state index contributed by atoms with van der Waals surface area (Å²) in [5, 5.41) is 3.48. The molecule has 0 aliphatic rings. The van der Waals surface area contributed by atoms with Gasteiger partial charge in [-0.3, -0.25) is 0 Å². The van der Waals surface area contributed by atoms with Crippen LogP contribution in [0.25, 0.3) is 0 Å². The van der Waals surface area contributed by atoms with Gasteiger partial charge in [0, 0.05) is 23.7 Å². The lowest BCUT2D eigenvalue weighted by Gasteiger charge is -2.07. The van der Waals surface area contributed by atoms with Crippen LogP contribution >= 0.6 is 23.4 Å². The zero-order valence-corrected chi connectivity index (χ0v) is 12.0. The summed E-state index contributed by atoms with van der Waals surface area (Å²) in [5.74, 6) is 0.608. The zero-order valence-electron chi connectivity index (χ0n) is 10.4. The van der Waals surface area contributed by atoms with Gasteiger partial charge in [0.2, 0.25) is 0 Å². The van der Waals surface area contributed by atoms with Gasteiger partial charge in [0.25, 0.3) is 0 Å². The highest BCUT2D eigenvalue weighted by molar-refractivity contribution is 7.99. The molecule has 100 valence electrons. The average Bonchev–Trinajstić information content (AvgIpc) is 2.44. The van der Waals surface area contributed by atoms with Crippen LogP contribution in [0.1, 0.15) is 5.56 Å². The van der Waals surface area contributed by atoms with E-state index >= 15 is 0 Å². The minimum atomic E-state index is -0.361. The molecule has 0 aliphatic carbocycles. The second-order valence-corrected chi connectivity index (χ2v) is 5.60. The number of benzene rings is 2. The third kappa shape index (κ3) is 4.53. The Morgan fingerprint density at radius 1 is 1.05 bits per heavy atom. The van der Waals surface area contributed by atoms with Gasteiger partial charge in [-0.1, -0.05) is 41.9 Å². The van der Waals surface area contributed by atoms with Crippen molar-refractivity contribution < 1.29 is 4.39 Å². The number of nitrogens with one attached hydrogen (secondary N) is 1. The molecule has 0 amide bonds. The molecule has 2 rings (SSSR count). The molecule has 0 spiro atoms. The fourth-order valence-electron chi connectivity index (χ4n) is 1.67. The predicted octanol–water partition coefficient (Wildman–Crippen LogP) is 4.36. The molecular weight excluding hydrogens is 281 g/mol. The van der Waals surface area contributed by atoms with Gasteiger partial charge in [0.15, 0.2) is 0 Å².